The van der Waals surface area contributed by atoms with Crippen LogP contribution >= 0.6 is 11.6 Å². The standard InChI is InChI=1S/C13H19ClN2O3S/c1-16(2)9-3-8-15-20(18,19)12-6-4-11(5-7-12)13(17)10-14/h4-7,15H,3,8-10H2,1-2H3. The van der Waals surface area contributed by atoms with Crippen LogP contribution in [0.2, 0.25) is 0 Å². The average Bonchev–Trinajstić information content (AvgIpc) is 2.43. The van der Waals surface area contributed by atoms with Crippen LogP contribution in [0, 0.1) is 0 Å². The third-order valence-electron chi connectivity index (χ3n) is 2.68. The average molecular weight is 319 g/mol. The molecule has 7 heteroatoms. The van der Waals surface area contributed by atoms with Gasteiger partial charge in [0.1, 0.15) is 0 Å². The highest BCUT2D eigenvalue weighted by Crippen LogP contribution is 2.11. The van der Waals surface area contributed by atoms with E-state index in [2.05, 4.69) is 4.72 Å². The van der Waals surface area contributed by atoms with Gasteiger partial charge in [0.2, 0.25) is 10.0 Å². The van der Waals surface area contributed by atoms with Gasteiger partial charge in [-0.3, -0.25) is 4.79 Å². The summed E-state index contributed by atoms with van der Waals surface area (Å²) >= 11 is 5.44. The summed E-state index contributed by atoms with van der Waals surface area (Å²) in [5.41, 5.74) is 0.409. The Morgan fingerprint density at radius 3 is 2.35 bits per heavy atom. The van der Waals surface area contributed by atoms with Gasteiger partial charge in [0.25, 0.3) is 0 Å². The predicted molar refractivity (Wildman–Crippen MR) is 79.9 cm³/mol. The number of halogens is 1. The summed E-state index contributed by atoms with van der Waals surface area (Å²) in [6.45, 7) is 1.19. The van der Waals surface area contributed by atoms with Crippen molar-refractivity contribution in [1.82, 2.24) is 9.62 Å². The van der Waals surface area contributed by atoms with E-state index in [1.807, 2.05) is 19.0 Å². The smallest absolute Gasteiger partial charge is 0.240 e. The molecule has 0 saturated carbocycles. The van der Waals surface area contributed by atoms with Gasteiger partial charge in [-0.1, -0.05) is 12.1 Å². The first-order valence-electron chi connectivity index (χ1n) is 6.20. The molecule has 0 fully saturated rings. The third-order valence-corrected chi connectivity index (χ3v) is 4.40. The highest BCUT2D eigenvalue weighted by molar-refractivity contribution is 7.89. The van der Waals surface area contributed by atoms with Crippen LogP contribution in [-0.4, -0.2) is 52.2 Å². The number of benzene rings is 1. The zero-order valence-electron chi connectivity index (χ0n) is 11.6. The van der Waals surface area contributed by atoms with Crippen LogP contribution in [0.1, 0.15) is 16.8 Å². The number of hydrogen-bond donors (Lipinski definition) is 1. The molecule has 0 heterocycles. The first-order chi connectivity index (χ1) is 9.36. The minimum atomic E-state index is -3.52. The number of carbonyl (C=O) groups excluding carboxylic acids is 1. The Hall–Kier alpha value is -0.950. The lowest BCUT2D eigenvalue weighted by molar-refractivity contribution is 0.102. The van der Waals surface area contributed by atoms with Crippen molar-refractivity contribution in [3.63, 3.8) is 0 Å². The Kier molecular flexibility index (Phi) is 6.61. The maximum Gasteiger partial charge on any atom is 0.240 e. The number of ketones is 1. The lowest BCUT2D eigenvalue weighted by Gasteiger charge is -2.10. The maximum atomic E-state index is 12.0. The Morgan fingerprint density at radius 2 is 1.85 bits per heavy atom. The number of sulfonamides is 1. The van der Waals surface area contributed by atoms with E-state index in [1.165, 1.54) is 24.3 Å². The maximum absolute atomic E-state index is 12.0. The van der Waals surface area contributed by atoms with Gasteiger partial charge in [-0.05, 0) is 39.2 Å². The van der Waals surface area contributed by atoms with E-state index in [0.29, 0.717) is 12.1 Å². The molecule has 1 aromatic carbocycles. The minimum absolute atomic E-state index is 0.116. The quantitative estimate of drug-likeness (QED) is 0.446. The summed E-state index contributed by atoms with van der Waals surface area (Å²) in [6.07, 6.45) is 0.731. The van der Waals surface area contributed by atoms with Gasteiger partial charge in [-0.2, -0.15) is 0 Å². The zero-order valence-corrected chi connectivity index (χ0v) is 13.2. The number of alkyl halides is 1. The highest BCUT2D eigenvalue weighted by atomic mass is 35.5. The van der Waals surface area contributed by atoms with Crippen molar-refractivity contribution in [1.29, 1.82) is 0 Å². The van der Waals surface area contributed by atoms with Crippen LogP contribution in [-0.2, 0) is 10.0 Å². The van der Waals surface area contributed by atoms with Crippen LogP contribution < -0.4 is 4.72 Å². The van der Waals surface area contributed by atoms with Crippen molar-refractivity contribution >= 4 is 27.4 Å². The Morgan fingerprint density at radius 1 is 1.25 bits per heavy atom. The molecule has 0 spiro atoms. The van der Waals surface area contributed by atoms with Crippen LogP contribution in [0.3, 0.4) is 0 Å². The molecule has 112 valence electrons. The molecule has 1 aromatic rings. The summed E-state index contributed by atoms with van der Waals surface area (Å²) < 4.78 is 26.5. The number of Topliss-reactive ketones (excluding diaryl/α,β-unsaturated/α-hetero) is 1. The molecule has 20 heavy (non-hydrogen) atoms. The molecule has 0 aromatic heterocycles. The molecule has 0 aliphatic rings. The fraction of sp³-hybridized carbons (Fsp3) is 0.462. The number of rotatable bonds is 8. The molecule has 1 N–H and O–H groups in total. The topological polar surface area (TPSA) is 66.5 Å². The van der Waals surface area contributed by atoms with Gasteiger partial charge in [-0.15, -0.1) is 11.6 Å². The molecule has 0 unspecified atom stereocenters. The third kappa shape index (κ3) is 5.20. The Labute approximate surface area is 125 Å². The van der Waals surface area contributed by atoms with Gasteiger partial charge in [-0.25, -0.2) is 13.1 Å². The van der Waals surface area contributed by atoms with E-state index in [0.717, 1.165) is 13.0 Å². The monoisotopic (exact) mass is 318 g/mol. The molecule has 0 saturated heterocycles. The number of nitrogens with zero attached hydrogens (tertiary/aromatic N) is 1. The van der Waals surface area contributed by atoms with E-state index < -0.39 is 10.0 Å². The number of carbonyl (C=O) groups is 1. The molecule has 1 rings (SSSR count). The van der Waals surface area contributed by atoms with Crippen molar-refractivity contribution in [2.45, 2.75) is 11.3 Å². The zero-order chi connectivity index (χ0) is 15.2. The lowest BCUT2D eigenvalue weighted by atomic mass is 10.1. The molecule has 0 bridgehead atoms. The van der Waals surface area contributed by atoms with Crippen molar-refractivity contribution in [3.8, 4) is 0 Å². The van der Waals surface area contributed by atoms with Crippen LogP contribution in [0.5, 0.6) is 0 Å². The first kappa shape index (κ1) is 17.1. The molecule has 0 aliphatic heterocycles. The summed E-state index contributed by atoms with van der Waals surface area (Å²) in [4.78, 5) is 13.5. The van der Waals surface area contributed by atoms with Gasteiger partial charge in [0, 0.05) is 12.1 Å². The molecule has 0 atom stereocenters. The molecule has 0 amide bonds. The van der Waals surface area contributed by atoms with Crippen molar-refractivity contribution in [2.75, 3.05) is 33.1 Å². The second-order valence-corrected chi connectivity index (χ2v) is 6.67. The first-order valence-corrected chi connectivity index (χ1v) is 8.22. The normalized spacial score (nSPS) is 11.8. The minimum Gasteiger partial charge on any atom is -0.309 e. The molecular formula is C13H19ClN2O3S. The van der Waals surface area contributed by atoms with E-state index in [9.17, 15) is 13.2 Å². The fourth-order valence-electron chi connectivity index (χ4n) is 1.58. The lowest BCUT2D eigenvalue weighted by Crippen LogP contribution is -2.27. The summed E-state index contributed by atoms with van der Waals surface area (Å²) in [5, 5.41) is 0. The van der Waals surface area contributed by atoms with Crippen LogP contribution in [0.25, 0.3) is 0 Å². The fourth-order valence-corrected chi connectivity index (χ4v) is 2.81. The second-order valence-electron chi connectivity index (χ2n) is 4.64. The van der Waals surface area contributed by atoms with E-state index in [-0.39, 0.29) is 16.6 Å². The van der Waals surface area contributed by atoms with Crippen LogP contribution in [0.4, 0.5) is 0 Å². The molecular weight excluding hydrogens is 300 g/mol. The molecule has 5 nitrogen and oxygen atoms in total. The Balaban J connectivity index is 2.66. The predicted octanol–water partition coefficient (Wildman–Crippen LogP) is 1.34. The number of hydrogen-bond acceptors (Lipinski definition) is 4. The van der Waals surface area contributed by atoms with E-state index in [4.69, 9.17) is 11.6 Å². The van der Waals surface area contributed by atoms with Gasteiger partial charge in [0.05, 0.1) is 10.8 Å². The van der Waals surface area contributed by atoms with Crippen molar-refractivity contribution in [3.05, 3.63) is 29.8 Å². The van der Waals surface area contributed by atoms with E-state index in [1.54, 1.807) is 0 Å². The Bertz CT molecular complexity index is 541. The van der Waals surface area contributed by atoms with Crippen molar-refractivity contribution in [2.24, 2.45) is 0 Å². The van der Waals surface area contributed by atoms with Gasteiger partial charge in [0.15, 0.2) is 5.78 Å². The SMILES string of the molecule is CN(C)CCCNS(=O)(=O)c1ccc(C(=O)CCl)cc1. The van der Waals surface area contributed by atoms with Crippen molar-refractivity contribution < 1.29 is 13.2 Å². The summed E-state index contributed by atoms with van der Waals surface area (Å²) in [7, 11) is 0.343. The summed E-state index contributed by atoms with van der Waals surface area (Å²) in [6, 6.07) is 5.76. The van der Waals surface area contributed by atoms with Crippen LogP contribution in [0.15, 0.2) is 29.2 Å². The highest BCUT2D eigenvalue weighted by Gasteiger charge is 2.14. The largest absolute Gasteiger partial charge is 0.309 e. The second kappa shape index (κ2) is 7.73. The molecule has 0 radical (unpaired) electrons. The van der Waals surface area contributed by atoms with E-state index >= 15 is 0 Å². The number of nitrogens with one attached hydrogen (secondary N) is 1. The van der Waals surface area contributed by atoms with Gasteiger partial charge < -0.3 is 4.90 Å². The van der Waals surface area contributed by atoms with Gasteiger partial charge >= 0.3 is 0 Å². The molecule has 0 aliphatic carbocycles. The summed E-state index contributed by atoms with van der Waals surface area (Å²) in [5.74, 6) is -0.343.